The van der Waals surface area contributed by atoms with Crippen LogP contribution in [0.3, 0.4) is 0 Å². The Morgan fingerprint density at radius 3 is 1.10 bits per heavy atom. The summed E-state index contributed by atoms with van der Waals surface area (Å²) in [6.45, 7) is 0. The van der Waals surface area contributed by atoms with Crippen molar-refractivity contribution < 1.29 is 22.4 Å². The van der Waals surface area contributed by atoms with Gasteiger partial charge in [-0.2, -0.15) is 15.0 Å². The summed E-state index contributed by atoms with van der Waals surface area (Å²) in [6, 6.07) is 0. The van der Waals surface area contributed by atoms with Gasteiger partial charge in [0.05, 0.1) is 0 Å². The van der Waals surface area contributed by atoms with Gasteiger partial charge in [0.1, 0.15) is 0 Å². The second-order valence-corrected chi connectivity index (χ2v) is 1.41. The summed E-state index contributed by atoms with van der Waals surface area (Å²) in [5.41, 5.74) is 15.4. The van der Waals surface area contributed by atoms with Gasteiger partial charge in [0.25, 0.3) is 0 Å². The van der Waals surface area contributed by atoms with E-state index in [-0.39, 0.29) is 40.2 Å². The van der Waals surface area contributed by atoms with Gasteiger partial charge in [0.2, 0.25) is 17.8 Å². The molecular weight excluding hydrogens is 317 g/mol. The number of hydrogen-bond donors (Lipinski definition) is 3. The molecule has 59 valence electrons. The summed E-state index contributed by atoms with van der Waals surface area (Å²) < 4.78 is 0. The van der Waals surface area contributed by atoms with Crippen LogP contribution in [-0.4, -0.2) is 15.0 Å². The van der Waals surface area contributed by atoms with Gasteiger partial charge in [-0.1, -0.05) is 0 Å². The average Bonchev–Trinajstić information content (AvgIpc) is 1.59. The molecule has 0 spiro atoms. The fraction of sp³-hybridized carbons (Fsp3) is 0. The standard InChI is InChI=1S/C3H6N6.Au/c4-1-7-2(5)9-3(6)8-1;/h(H6,4,5,6,7,8,9);. The van der Waals surface area contributed by atoms with E-state index in [1.807, 2.05) is 0 Å². The Morgan fingerprint density at radius 2 is 0.900 bits per heavy atom. The van der Waals surface area contributed by atoms with E-state index in [0.717, 1.165) is 0 Å². The van der Waals surface area contributed by atoms with Crippen molar-refractivity contribution in [2.75, 3.05) is 17.2 Å². The predicted molar refractivity (Wildman–Crippen MR) is 33.1 cm³/mol. The smallest absolute Gasteiger partial charge is 0.226 e. The van der Waals surface area contributed by atoms with Crippen molar-refractivity contribution in [1.29, 1.82) is 0 Å². The van der Waals surface area contributed by atoms with E-state index in [0.29, 0.717) is 0 Å². The number of hydrogen-bond acceptors (Lipinski definition) is 6. The zero-order valence-corrected chi connectivity index (χ0v) is 7.04. The minimum atomic E-state index is 0. The number of nitrogen functional groups attached to an aromatic ring is 3. The van der Waals surface area contributed by atoms with E-state index in [4.69, 9.17) is 17.2 Å². The molecule has 0 aliphatic rings. The Bertz CT molecular complexity index is 174. The van der Waals surface area contributed by atoms with E-state index in [9.17, 15) is 0 Å². The molecule has 0 saturated heterocycles. The molecule has 0 atom stereocenters. The van der Waals surface area contributed by atoms with Crippen molar-refractivity contribution in [3.8, 4) is 0 Å². The Morgan fingerprint density at radius 1 is 0.700 bits per heavy atom. The Kier molecular flexibility index (Phi) is 3.07. The van der Waals surface area contributed by atoms with Crippen LogP contribution in [0.25, 0.3) is 0 Å². The maximum absolute atomic E-state index is 5.14. The van der Waals surface area contributed by atoms with Crippen LogP contribution in [0.2, 0.25) is 0 Å². The summed E-state index contributed by atoms with van der Waals surface area (Å²) in [5.74, 6) is 0.125. The quantitative estimate of drug-likeness (QED) is 0.507. The molecule has 0 aliphatic carbocycles. The van der Waals surface area contributed by atoms with E-state index < -0.39 is 0 Å². The van der Waals surface area contributed by atoms with Gasteiger partial charge in [0.15, 0.2) is 0 Å². The van der Waals surface area contributed by atoms with Crippen LogP contribution in [0.15, 0.2) is 0 Å². The third-order valence-corrected chi connectivity index (χ3v) is 0.687. The van der Waals surface area contributed by atoms with Crippen LogP contribution in [0, 0.1) is 0 Å². The van der Waals surface area contributed by atoms with Crippen molar-refractivity contribution in [2.45, 2.75) is 0 Å². The number of aromatic nitrogens is 3. The minimum absolute atomic E-state index is 0. The molecule has 0 fully saturated rings. The molecular formula is C3H6AuN6. The fourth-order valence-electron chi connectivity index (χ4n) is 0.427. The molecule has 0 bridgehead atoms. The molecule has 6 N–H and O–H groups in total. The first-order chi connectivity index (χ1) is 4.18. The van der Waals surface area contributed by atoms with Crippen molar-refractivity contribution in [2.24, 2.45) is 0 Å². The van der Waals surface area contributed by atoms with Gasteiger partial charge in [-0.15, -0.1) is 0 Å². The van der Waals surface area contributed by atoms with Crippen molar-refractivity contribution >= 4 is 17.8 Å². The molecule has 0 aliphatic heterocycles. The SMILES string of the molecule is Nc1nc(N)nc(N)n1.[Au]. The predicted octanol–water partition coefficient (Wildman–Crippen LogP) is -1.38. The largest absolute Gasteiger partial charge is 0.368 e. The molecule has 0 saturated carbocycles. The summed E-state index contributed by atoms with van der Waals surface area (Å²) in [5, 5.41) is 0. The van der Waals surface area contributed by atoms with Gasteiger partial charge in [0, 0.05) is 22.4 Å². The van der Waals surface area contributed by atoms with Gasteiger partial charge in [-0.05, 0) is 0 Å². The first-order valence-electron chi connectivity index (χ1n) is 2.21. The summed E-state index contributed by atoms with van der Waals surface area (Å²) >= 11 is 0. The summed E-state index contributed by atoms with van der Waals surface area (Å²) in [6.07, 6.45) is 0. The van der Waals surface area contributed by atoms with Gasteiger partial charge >= 0.3 is 0 Å². The van der Waals surface area contributed by atoms with Crippen LogP contribution in [0.1, 0.15) is 0 Å². The molecule has 0 amide bonds. The second-order valence-electron chi connectivity index (χ2n) is 1.41. The van der Waals surface area contributed by atoms with E-state index in [1.54, 1.807) is 0 Å². The molecule has 1 heterocycles. The monoisotopic (exact) mass is 323 g/mol. The van der Waals surface area contributed by atoms with Crippen LogP contribution in [0.4, 0.5) is 17.8 Å². The number of nitrogens with zero attached hydrogens (tertiary/aromatic N) is 3. The number of anilines is 3. The first-order valence-corrected chi connectivity index (χ1v) is 2.21. The number of rotatable bonds is 0. The minimum Gasteiger partial charge on any atom is -0.368 e. The van der Waals surface area contributed by atoms with E-state index in [1.165, 1.54) is 0 Å². The van der Waals surface area contributed by atoms with Crippen molar-refractivity contribution in [3.63, 3.8) is 0 Å². The molecule has 1 aromatic rings. The topological polar surface area (TPSA) is 117 Å². The van der Waals surface area contributed by atoms with E-state index >= 15 is 0 Å². The summed E-state index contributed by atoms with van der Waals surface area (Å²) in [7, 11) is 0. The van der Waals surface area contributed by atoms with Gasteiger partial charge in [-0.3, -0.25) is 0 Å². The van der Waals surface area contributed by atoms with Crippen LogP contribution < -0.4 is 17.2 Å². The maximum Gasteiger partial charge on any atom is 0.226 e. The molecule has 1 radical (unpaired) electrons. The van der Waals surface area contributed by atoms with Gasteiger partial charge in [-0.25, -0.2) is 0 Å². The molecule has 0 unspecified atom stereocenters. The Balaban J connectivity index is 0.000000810. The summed E-state index contributed by atoms with van der Waals surface area (Å²) in [4.78, 5) is 10.5. The fourth-order valence-corrected chi connectivity index (χ4v) is 0.427. The molecule has 7 heteroatoms. The average molecular weight is 323 g/mol. The Labute approximate surface area is 72.7 Å². The number of nitrogens with two attached hydrogens (primary N) is 3. The van der Waals surface area contributed by atoms with Crippen LogP contribution in [-0.2, 0) is 22.4 Å². The van der Waals surface area contributed by atoms with Gasteiger partial charge < -0.3 is 17.2 Å². The first kappa shape index (κ1) is 9.15. The molecule has 10 heavy (non-hydrogen) atoms. The second kappa shape index (κ2) is 3.35. The zero-order chi connectivity index (χ0) is 6.85. The van der Waals surface area contributed by atoms with Crippen molar-refractivity contribution in [3.05, 3.63) is 0 Å². The van der Waals surface area contributed by atoms with Crippen LogP contribution in [0.5, 0.6) is 0 Å². The molecule has 0 aromatic carbocycles. The van der Waals surface area contributed by atoms with Crippen LogP contribution >= 0.6 is 0 Å². The third kappa shape index (κ3) is 2.18. The molecule has 6 nitrogen and oxygen atoms in total. The normalized spacial score (nSPS) is 8.40. The zero-order valence-electron chi connectivity index (χ0n) is 4.88. The third-order valence-electron chi connectivity index (χ3n) is 0.687. The molecule has 1 aromatic heterocycles. The van der Waals surface area contributed by atoms with E-state index in [2.05, 4.69) is 15.0 Å². The Hall–Kier alpha value is -0.850. The van der Waals surface area contributed by atoms with Crippen molar-refractivity contribution in [1.82, 2.24) is 15.0 Å². The maximum atomic E-state index is 5.14. The molecule has 1 rings (SSSR count).